The molecule has 0 spiro atoms. The predicted molar refractivity (Wildman–Crippen MR) is 58.8 cm³/mol. The number of hydrogen-bond donors (Lipinski definition) is 3. The number of rotatable bonds is 7. The van der Waals surface area contributed by atoms with Gasteiger partial charge in [-0.25, -0.2) is 4.79 Å². The summed E-state index contributed by atoms with van der Waals surface area (Å²) >= 11 is 0. The Morgan fingerprint density at radius 1 is 1.44 bits per heavy atom. The molecule has 6 heteroatoms. The number of methoxy groups -OCH3 is 1. The van der Waals surface area contributed by atoms with E-state index in [1.807, 2.05) is 6.92 Å². The normalized spacial score (nSPS) is 14.0. The van der Waals surface area contributed by atoms with E-state index < -0.39 is 12.0 Å². The summed E-state index contributed by atoms with van der Waals surface area (Å²) in [6, 6.07) is -0.616. The van der Waals surface area contributed by atoms with Crippen LogP contribution in [-0.4, -0.2) is 49.3 Å². The molecule has 3 N–H and O–H groups in total. The zero-order valence-corrected chi connectivity index (χ0v) is 9.95. The first-order chi connectivity index (χ1) is 7.51. The molecule has 0 radical (unpaired) electrons. The van der Waals surface area contributed by atoms with Gasteiger partial charge in [0, 0.05) is 26.1 Å². The molecular formula is C10H20N2O4. The number of esters is 1. The molecule has 2 atom stereocenters. The molecule has 0 saturated heterocycles. The van der Waals surface area contributed by atoms with Crippen molar-refractivity contribution >= 4 is 11.9 Å². The Bertz CT molecular complexity index is 233. The van der Waals surface area contributed by atoms with E-state index in [4.69, 9.17) is 5.11 Å². The molecule has 0 bridgehead atoms. The van der Waals surface area contributed by atoms with Gasteiger partial charge in [0.15, 0.2) is 0 Å². The number of nitrogens with one attached hydrogen (secondary N) is 2. The highest BCUT2D eigenvalue weighted by Gasteiger charge is 2.20. The fourth-order valence-electron chi connectivity index (χ4n) is 1.20. The summed E-state index contributed by atoms with van der Waals surface area (Å²) < 4.78 is 4.56. The van der Waals surface area contributed by atoms with Crippen LogP contribution in [0.1, 0.15) is 20.3 Å². The minimum atomic E-state index is -0.691. The van der Waals surface area contributed by atoms with Gasteiger partial charge >= 0.3 is 5.97 Å². The van der Waals surface area contributed by atoms with Crippen LogP contribution in [0.25, 0.3) is 0 Å². The van der Waals surface area contributed by atoms with Crippen LogP contribution in [-0.2, 0) is 14.3 Å². The maximum Gasteiger partial charge on any atom is 0.329 e. The maximum atomic E-state index is 11.3. The van der Waals surface area contributed by atoms with Gasteiger partial charge in [-0.3, -0.25) is 4.79 Å². The van der Waals surface area contributed by atoms with Gasteiger partial charge in [0.05, 0.1) is 7.11 Å². The number of carbonyl (C=O) groups is 2. The van der Waals surface area contributed by atoms with Crippen LogP contribution in [0.3, 0.4) is 0 Å². The number of ether oxygens (including phenoxy) is 1. The molecule has 0 heterocycles. The summed E-state index contributed by atoms with van der Waals surface area (Å²) in [7, 11) is 1.27. The van der Waals surface area contributed by atoms with E-state index in [-0.39, 0.29) is 25.1 Å². The summed E-state index contributed by atoms with van der Waals surface area (Å²) in [6.07, 6.45) is 0.591. The van der Waals surface area contributed by atoms with Gasteiger partial charge in [-0.2, -0.15) is 0 Å². The Labute approximate surface area is 95.4 Å². The maximum absolute atomic E-state index is 11.3. The molecule has 0 aromatic heterocycles. The zero-order chi connectivity index (χ0) is 12.6. The summed E-state index contributed by atoms with van der Waals surface area (Å²) in [6.45, 7) is 3.59. The molecule has 0 fully saturated rings. The first-order valence-electron chi connectivity index (χ1n) is 5.20. The third-order valence-corrected chi connectivity index (χ3v) is 2.10. The van der Waals surface area contributed by atoms with Gasteiger partial charge in [-0.15, -0.1) is 0 Å². The summed E-state index contributed by atoms with van der Waals surface area (Å²) in [5.41, 5.74) is 0. The lowest BCUT2D eigenvalue weighted by Gasteiger charge is -2.19. The van der Waals surface area contributed by atoms with Crippen LogP contribution in [0.15, 0.2) is 0 Å². The zero-order valence-electron chi connectivity index (χ0n) is 9.95. The second kappa shape index (κ2) is 8.06. The summed E-state index contributed by atoms with van der Waals surface area (Å²) in [5.74, 6) is -0.772. The Morgan fingerprint density at radius 2 is 2.06 bits per heavy atom. The first kappa shape index (κ1) is 14.9. The van der Waals surface area contributed by atoms with Crippen LogP contribution >= 0.6 is 0 Å². The third-order valence-electron chi connectivity index (χ3n) is 2.10. The van der Waals surface area contributed by atoms with E-state index in [1.165, 1.54) is 14.0 Å². The molecule has 2 unspecified atom stereocenters. The van der Waals surface area contributed by atoms with E-state index in [1.54, 1.807) is 0 Å². The van der Waals surface area contributed by atoms with Crippen molar-refractivity contribution in [3.63, 3.8) is 0 Å². The lowest BCUT2D eigenvalue weighted by molar-refractivity contribution is -0.144. The fraction of sp³-hybridized carbons (Fsp3) is 0.800. The Kier molecular flexibility index (Phi) is 7.49. The van der Waals surface area contributed by atoms with Gasteiger partial charge in [0.1, 0.15) is 6.04 Å². The van der Waals surface area contributed by atoms with Crippen LogP contribution in [0.2, 0.25) is 0 Å². The molecule has 94 valence electrons. The molecule has 0 aliphatic rings. The van der Waals surface area contributed by atoms with E-state index in [0.29, 0.717) is 6.42 Å². The lowest BCUT2D eigenvalue weighted by atomic mass is 10.2. The van der Waals surface area contributed by atoms with Crippen LogP contribution in [0.4, 0.5) is 0 Å². The van der Waals surface area contributed by atoms with Crippen molar-refractivity contribution in [1.82, 2.24) is 10.6 Å². The molecule has 0 aliphatic carbocycles. The molecule has 0 rings (SSSR count). The van der Waals surface area contributed by atoms with Gasteiger partial charge in [0.25, 0.3) is 0 Å². The minimum Gasteiger partial charge on any atom is -0.467 e. The van der Waals surface area contributed by atoms with E-state index in [2.05, 4.69) is 15.4 Å². The number of amides is 1. The van der Waals surface area contributed by atoms with E-state index >= 15 is 0 Å². The van der Waals surface area contributed by atoms with E-state index in [0.717, 1.165) is 0 Å². The highest BCUT2D eigenvalue weighted by Crippen LogP contribution is 1.92. The molecule has 16 heavy (non-hydrogen) atoms. The monoisotopic (exact) mass is 232 g/mol. The van der Waals surface area contributed by atoms with Crippen molar-refractivity contribution in [2.75, 3.05) is 20.3 Å². The van der Waals surface area contributed by atoms with Gasteiger partial charge in [-0.1, -0.05) is 0 Å². The number of hydrogen-bond acceptors (Lipinski definition) is 5. The summed E-state index contributed by atoms with van der Waals surface area (Å²) in [4.78, 5) is 22.1. The quantitative estimate of drug-likeness (QED) is 0.491. The van der Waals surface area contributed by atoms with Gasteiger partial charge in [0.2, 0.25) is 5.91 Å². The van der Waals surface area contributed by atoms with Gasteiger partial charge in [-0.05, 0) is 13.3 Å². The molecule has 0 aromatic carbocycles. The van der Waals surface area contributed by atoms with Crippen molar-refractivity contribution in [2.45, 2.75) is 32.4 Å². The topological polar surface area (TPSA) is 87.7 Å². The van der Waals surface area contributed by atoms with Crippen molar-refractivity contribution in [3.8, 4) is 0 Å². The van der Waals surface area contributed by atoms with Crippen molar-refractivity contribution < 1.29 is 19.4 Å². The second-order valence-corrected chi connectivity index (χ2v) is 3.60. The Morgan fingerprint density at radius 3 is 2.50 bits per heavy atom. The minimum absolute atomic E-state index is 0.0749. The van der Waals surface area contributed by atoms with Crippen LogP contribution in [0, 0.1) is 0 Å². The highest BCUT2D eigenvalue weighted by molar-refractivity contribution is 5.83. The molecule has 1 amide bonds. The highest BCUT2D eigenvalue weighted by atomic mass is 16.5. The largest absolute Gasteiger partial charge is 0.467 e. The number of aliphatic hydroxyl groups is 1. The second-order valence-electron chi connectivity index (χ2n) is 3.60. The molecule has 0 aliphatic heterocycles. The average Bonchev–Trinajstić information content (AvgIpc) is 2.23. The smallest absolute Gasteiger partial charge is 0.329 e. The third kappa shape index (κ3) is 6.36. The molecule has 0 aromatic rings. The average molecular weight is 232 g/mol. The molecule has 0 saturated carbocycles. The van der Waals surface area contributed by atoms with Crippen molar-refractivity contribution in [1.29, 1.82) is 0 Å². The van der Waals surface area contributed by atoms with Crippen molar-refractivity contribution in [2.24, 2.45) is 0 Å². The molecular weight excluding hydrogens is 212 g/mol. The number of aliphatic hydroxyl groups excluding tert-OH is 1. The van der Waals surface area contributed by atoms with Gasteiger partial charge < -0.3 is 20.5 Å². The van der Waals surface area contributed by atoms with Crippen LogP contribution < -0.4 is 10.6 Å². The Balaban J connectivity index is 4.10. The molecule has 6 nitrogen and oxygen atoms in total. The number of carbonyl (C=O) groups excluding carboxylic acids is 2. The standard InChI is InChI=1S/C10H20N2O4/c1-7(4-5-13)11-6-9(10(15)16-3)12-8(2)14/h7,9,11,13H,4-6H2,1-3H3,(H,12,14). The predicted octanol–water partition coefficient (Wildman–Crippen LogP) is -0.975. The lowest BCUT2D eigenvalue weighted by Crippen LogP contribution is -2.48. The SMILES string of the molecule is COC(=O)C(CNC(C)CCO)NC(C)=O. The fourth-order valence-corrected chi connectivity index (χ4v) is 1.20. The summed E-state index contributed by atoms with van der Waals surface area (Å²) in [5, 5.41) is 14.2. The van der Waals surface area contributed by atoms with E-state index in [9.17, 15) is 9.59 Å². The first-order valence-corrected chi connectivity index (χ1v) is 5.20. The Hall–Kier alpha value is -1.14. The van der Waals surface area contributed by atoms with Crippen LogP contribution in [0.5, 0.6) is 0 Å². The van der Waals surface area contributed by atoms with Crippen molar-refractivity contribution in [3.05, 3.63) is 0 Å².